The van der Waals surface area contributed by atoms with Crippen LogP contribution in [-0.4, -0.2) is 18.8 Å². The van der Waals surface area contributed by atoms with Crippen LogP contribution in [0.5, 0.6) is 0 Å². The number of halogens is 3. The Hall–Kier alpha value is -1.97. The van der Waals surface area contributed by atoms with E-state index in [-0.39, 0.29) is 12.8 Å². The van der Waals surface area contributed by atoms with Crippen molar-refractivity contribution in [2.45, 2.75) is 57.2 Å². The van der Waals surface area contributed by atoms with Crippen LogP contribution in [0.4, 0.5) is 18.9 Å². The Balaban J connectivity index is 1.71. The van der Waals surface area contributed by atoms with Gasteiger partial charge in [-0.25, -0.2) is 0 Å². The molecule has 2 aromatic carbocycles. The first kappa shape index (κ1) is 17.4. The van der Waals surface area contributed by atoms with Gasteiger partial charge in [-0.1, -0.05) is 36.4 Å². The first-order valence-corrected chi connectivity index (χ1v) is 9.40. The van der Waals surface area contributed by atoms with E-state index in [1.54, 1.807) is 12.1 Å². The molecule has 1 nitrogen and oxygen atoms in total. The van der Waals surface area contributed by atoms with Crippen LogP contribution in [-0.2, 0) is 11.8 Å². The number of rotatable bonds is 3. The Morgan fingerprint density at radius 1 is 1.00 bits per heavy atom. The second-order valence-electron chi connectivity index (χ2n) is 7.85. The third-order valence-electron chi connectivity index (χ3n) is 5.95. The minimum absolute atomic E-state index is 0.208. The topological polar surface area (TPSA) is 3.24 Å². The van der Waals surface area contributed by atoms with Gasteiger partial charge in [0.1, 0.15) is 0 Å². The van der Waals surface area contributed by atoms with E-state index in [0.717, 1.165) is 30.5 Å². The predicted octanol–water partition coefficient (Wildman–Crippen LogP) is 6.11. The average Bonchev–Trinajstić information content (AvgIpc) is 3.42. The summed E-state index contributed by atoms with van der Waals surface area (Å²) in [5.41, 5.74) is 3.54. The zero-order valence-electron chi connectivity index (χ0n) is 15.2. The SMILES string of the molecule is CC(C)N1CCCc2c(-c3ccc(C4(C(F)(F)F)CC4)cc3)cccc21. The molecule has 1 saturated carbocycles. The molecular weight excluding hydrogens is 335 g/mol. The Labute approximate surface area is 152 Å². The van der Waals surface area contributed by atoms with E-state index in [1.165, 1.54) is 11.3 Å². The summed E-state index contributed by atoms with van der Waals surface area (Å²) >= 11 is 0. The number of fused-ring (bicyclic) bond motifs is 1. The predicted molar refractivity (Wildman–Crippen MR) is 99.6 cm³/mol. The molecule has 0 amide bonds. The van der Waals surface area contributed by atoms with Crippen LogP contribution in [0.2, 0.25) is 0 Å². The highest BCUT2D eigenvalue weighted by Crippen LogP contribution is 2.59. The fourth-order valence-corrected chi connectivity index (χ4v) is 4.29. The number of hydrogen-bond donors (Lipinski definition) is 0. The number of benzene rings is 2. The van der Waals surface area contributed by atoms with E-state index >= 15 is 0 Å². The lowest BCUT2D eigenvalue weighted by Crippen LogP contribution is -2.35. The summed E-state index contributed by atoms with van der Waals surface area (Å²) in [5, 5.41) is 0. The summed E-state index contributed by atoms with van der Waals surface area (Å²) in [4.78, 5) is 2.42. The smallest absolute Gasteiger partial charge is 0.369 e. The van der Waals surface area contributed by atoms with Gasteiger partial charge < -0.3 is 4.90 Å². The van der Waals surface area contributed by atoms with E-state index in [4.69, 9.17) is 0 Å². The van der Waals surface area contributed by atoms with Crippen molar-refractivity contribution in [2.75, 3.05) is 11.4 Å². The highest BCUT2D eigenvalue weighted by Gasteiger charge is 2.64. The Morgan fingerprint density at radius 3 is 2.27 bits per heavy atom. The first-order chi connectivity index (χ1) is 12.3. The summed E-state index contributed by atoms with van der Waals surface area (Å²) in [7, 11) is 0. The maximum absolute atomic E-state index is 13.3. The van der Waals surface area contributed by atoms with Crippen molar-refractivity contribution in [3.8, 4) is 11.1 Å². The molecule has 0 saturated heterocycles. The van der Waals surface area contributed by atoms with Crippen molar-refractivity contribution < 1.29 is 13.2 Å². The number of alkyl halides is 3. The van der Waals surface area contributed by atoms with Gasteiger partial charge in [0.2, 0.25) is 0 Å². The number of nitrogens with zero attached hydrogens (tertiary/aromatic N) is 1. The summed E-state index contributed by atoms with van der Waals surface area (Å²) in [5.74, 6) is 0. The van der Waals surface area contributed by atoms with Crippen LogP contribution in [0, 0.1) is 0 Å². The fraction of sp³-hybridized carbons (Fsp3) is 0.455. The van der Waals surface area contributed by atoms with Gasteiger partial charge in [-0.2, -0.15) is 13.2 Å². The van der Waals surface area contributed by atoms with Gasteiger partial charge in [-0.15, -0.1) is 0 Å². The molecule has 1 heterocycles. The molecule has 0 N–H and O–H groups in total. The van der Waals surface area contributed by atoms with Gasteiger partial charge in [0.15, 0.2) is 0 Å². The minimum atomic E-state index is -4.15. The summed E-state index contributed by atoms with van der Waals surface area (Å²) < 4.78 is 40.0. The molecule has 4 heteroatoms. The molecule has 2 aromatic rings. The summed E-state index contributed by atoms with van der Waals surface area (Å²) in [6.45, 7) is 5.45. The Bertz CT molecular complexity index is 801. The van der Waals surface area contributed by atoms with Crippen LogP contribution in [0.1, 0.15) is 44.2 Å². The van der Waals surface area contributed by atoms with Crippen molar-refractivity contribution in [3.05, 3.63) is 53.6 Å². The highest BCUT2D eigenvalue weighted by atomic mass is 19.4. The van der Waals surface area contributed by atoms with Gasteiger partial charge in [0.05, 0.1) is 5.41 Å². The third kappa shape index (κ3) is 2.70. The summed E-state index contributed by atoms with van der Waals surface area (Å²) in [6.07, 6.45) is -1.61. The fourth-order valence-electron chi connectivity index (χ4n) is 4.29. The lowest BCUT2D eigenvalue weighted by Gasteiger charge is -2.35. The van der Waals surface area contributed by atoms with Crippen LogP contribution in [0.25, 0.3) is 11.1 Å². The molecule has 0 radical (unpaired) electrons. The van der Waals surface area contributed by atoms with Gasteiger partial charge >= 0.3 is 6.18 Å². The monoisotopic (exact) mass is 359 g/mol. The molecular formula is C22H24F3N. The molecule has 26 heavy (non-hydrogen) atoms. The molecule has 1 fully saturated rings. The second-order valence-corrected chi connectivity index (χ2v) is 7.85. The van der Waals surface area contributed by atoms with Crippen molar-refractivity contribution in [1.29, 1.82) is 0 Å². The Kier molecular flexibility index (Phi) is 4.05. The van der Waals surface area contributed by atoms with Crippen LogP contribution in [0.3, 0.4) is 0 Å². The van der Waals surface area contributed by atoms with Crippen LogP contribution >= 0.6 is 0 Å². The van der Waals surface area contributed by atoms with Gasteiger partial charge in [-0.05, 0) is 67.9 Å². The van der Waals surface area contributed by atoms with Crippen molar-refractivity contribution in [1.82, 2.24) is 0 Å². The maximum Gasteiger partial charge on any atom is 0.398 e. The second kappa shape index (κ2) is 6.04. The normalized spacial score (nSPS) is 18.8. The van der Waals surface area contributed by atoms with E-state index in [1.807, 2.05) is 12.1 Å². The quantitative estimate of drug-likeness (QED) is 0.639. The molecule has 138 valence electrons. The van der Waals surface area contributed by atoms with Gasteiger partial charge in [0.25, 0.3) is 0 Å². The van der Waals surface area contributed by atoms with Crippen molar-refractivity contribution >= 4 is 5.69 Å². The van der Waals surface area contributed by atoms with Gasteiger partial charge in [-0.3, -0.25) is 0 Å². The van der Waals surface area contributed by atoms with Crippen molar-refractivity contribution in [2.24, 2.45) is 0 Å². The van der Waals surface area contributed by atoms with Gasteiger partial charge in [0, 0.05) is 18.3 Å². The van der Waals surface area contributed by atoms with Crippen LogP contribution in [0.15, 0.2) is 42.5 Å². The molecule has 0 bridgehead atoms. The molecule has 0 atom stereocenters. The molecule has 1 aliphatic carbocycles. The molecule has 0 spiro atoms. The molecule has 1 aliphatic heterocycles. The third-order valence-corrected chi connectivity index (χ3v) is 5.95. The standard InChI is InChI=1S/C22H24F3N/c1-15(2)26-14-4-6-19-18(5-3-7-20(19)26)16-8-10-17(11-9-16)21(12-13-21)22(23,24)25/h3,5,7-11,15H,4,6,12-14H2,1-2H3. The number of anilines is 1. The van der Waals surface area contributed by atoms with E-state index in [9.17, 15) is 13.2 Å². The molecule has 4 rings (SSSR count). The Morgan fingerprint density at radius 2 is 1.69 bits per heavy atom. The molecule has 2 aliphatic rings. The van der Waals surface area contributed by atoms with E-state index < -0.39 is 11.6 Å². The zero-order chi connectivity index (χ0) is 18.5. The van der Waals surface area contributed by atoms with E-state index in [2.05, 4.69) is 36.9 Å². The van der Waals surface area contributed by atoms with E-state index in [0.29, 0.717) is 11.6 Å². The average molecular weight is 359 g/mol. The highest BCUT2D eigenvalue weighted by molar-refractivity contribution is 5.75. The number of hydrogen-bond acceptors (Lipinski definition) is 1. The zero-order valence-corrected chi connectivity index (χ0v) is 15.2. The minimum Gasteiger partial charge on any atom is -0.369 e. The largest absolute Gasteiger partial charge is 0.398 e. The van der Waals surface area contributed by atoms with Crippen LogP contribution < -0.4 is 4.90 Å². The van der Waals surface area contributed by atoms with Crippen molar-refractivity contribution in [3.63, 3.8) is 0 Å². The summed E-state index contributed by atoms with van der Waals surface area (Å²) in [6, 6.07) is 13.8. The lowest BCUT2D eigenvalue weighted by molar-refractivity contribution is -0.160. The first-order valence-electron chi connectivity index (χ1n) is 9.40. The molecule has 0 aromatic heterocycles. The lowest BCUT2D eigenvalue weighted by atomic mass is 9.89. The molecule has 0 unspecified atom stereocenters. The maximum atomic E-state index is 13.3.